The van der Waals surface area contributed by atoms with Crippen LogP contribution in [0, 0.1) is 0 Å². The van der Waals surface area contributed by atoms with E-state index in [1.165, 1.54) is 32.1 Å². The lowest BCUT2D eigenvalue weighted by Gasteiger charge is -2.23. The van der Waals surface area contributed by atoms with Crippen molar-refractivity contribution in [2.75, 3.05) is 10.6 Å². The van der Waals surface area contributed by atoms with E-state index in [1.807, 2.05) is 29.6 Å². The maximum atomic E-state index is 11.9. The predicted octanol–water partition coefficient (Wildman–Crippen LogP) is 4.07. The van der Waals surface area contributed by atoms with Gasteiger partial charge < -0.3 is 10.6 Å². The standard InChI is InChI=1S/C17H21N3OS/c21-17(11-15-7-4-10-22-15)20-14-8-9-16(18-12-14)19-13-5-2-1-3-6-13/h4,7-10,12-13H,1-3,5-6,11H2,(H,18,19)(H,20,21). The molecule has 1 aliphatic carbocycles. The number of hydrogen-bond acceptors (Lipinski definition) is 4. The number of carbonyl (C=O) groups is 1. The fourth-order valence-corrected chi connectivity index (χ4v) is 3.49. The van der Waals surface area contributed by atoms with Gasteiger partial charge in [-0.05, 0) is 36.4 Å². The molecule has 2 N–H and O–H groups in total. The van der Waals surface area contributed by atoms with Crippen LogP contribution in [-0.4, -0.2) is 16.9 Å². The summed E-state index contributed by atoms with van der Waals surface area (Å²) >= 11 is 1.60. The zero-order valence-corrected chi connectivity index (χ0v) is 13.4. The number of aromatic nitrogens is 1. The molecule has 5 heteroatoms. The SMILES string of the molecule is O=C(Cc1cccs1)Nc1ccc(NC2CCCCC2)nc1. The number of anilines is 2. The lowest BCUT2D eigenvalue weighted by atomic mass is 9.95. The molecule has 0 aromatic carbocycles. The van der Waals surface area contributed by atoms with Crippen LogP contribution in [0.15, 0.2) is 35.8 Å². The van der Waals surface area contributed by atoms with Crippen LogP contribution in [0.5, 0.6) is 0 Å². The average molecular weight is 315 g/mol. The van der Waals surface area contributed by atoms with Gasteiger partial charge in [-0.1, -0.05) is 25.3 Å². The minimum absolute atomic E-state index is 0.00256. The van der Waals surface area contributed by atoms with Gasteiger partial charge in [-0.25, -0.2) is 4.98 Å². The summed E-state index contributed by atoms with van der Waals surface area (Å²) in [5.41, 5.74) is 0.746. The molecule has 2 heterocycles. The lowest BCUT2D eigenvalue weighted by molar-refractivity contribution is -0.115. The maximum absolute atomic E-state index is 11.9. The quantitative estimate of drug-likeness (QED) is 0.874. The van der Waals surface area contributed by atoms with E-state index >= 15 is 0 Å². The highest BCUT2D eigenvalue weighted by atomic mass is 32.1. The maximum Gasteiger partial charge on any atom is 0.229 e. The summed E-state index contributed by atoms with van der Waals surface area (Å²) in [6.07, 6.45) is 8.53. The second-order valence-corrected chi connectivity index (χ2v) is 6.75. The van der Waals surface area contributed by atoms with Crippen LogP contribution in [0.2, 0.25) is 0 Å². The summed E-state index contributed by atoms with van der Waals surface area (Å²) in [7, 11) is 0. The summed E-state index contributed by atoms with van der Waals surface area (Å²) in [5, 5.41) is 8.35. The van der Waals surface area contributed by atoms with Gasteiger partial charge in [0.1, 0.15) is 5.82 Å². The molecule has 0 atom stereocenters. The number of carbonyl (C=O) groups excluding carboxylic acids is 1. The van der Waals surface area contributed by atoms with Crippen molar-refractivity contribution in [2.45, 2.75) is 44.6 Å². The van der Waals surface area contributed by atoms with Crippen molar-refractivity contribution in [1.29, 1.82) is 0 Å². The van der Waals surface area contributed by atoms with Crippen molar-refractivity contribution >= 4 is 28.7 Å². The van der Waals surface area contributed by atoms with Gasteiger partial charge in [-0.15, -0.1) is 11.3 Å². The Hall–Kier alpha value is -1.88. The zero-order chi connectivity index (χ0) is 15.2. The second kappa shape index (κ2) is 7.40. The first kappa shape index (κ1) is 15.0. The monoisotopic (exact) mass is 315 g/mol. The van der Waals surface area contributed by atoms with Crippen LogP contribution in [0.3, 0.4) is 0 Å². The van der Waals surface area contributed by atoms with Crippen molar-refractivity contribution in [1.82, 2.24) is 4.98 Å². The third-order valence-corrected chi connectivity index (χ3v) is 4.80. The van der Waals surface area contributed by atoms with E-state index in [1.54, 1.807) is 17.5 Å². The second-order valence-electron chi connectivity index (χ2n) is 5.72. The molecule has 1 fully saturated rings. The summed E-state index contributed by atoms with van der Waals surface area (Å²) in [5.74, 6) is 0.889. The van der Waals surface area contributed by atoms with E-state index in [2.05, 4.69) is 15.6 Å². The molecule has 1 amide bonds. The molecule has 1 aliphatic rings. The highest BCUT2D eigenvalue weighted by Crippen LogP contribution is 2.21. The molecule has 1 saturated carbocycles. The first-order valence-corrected chi connectivity index (χ1v) is 8.72. The minimum atomic E-state index is -0.00256. The molecule has 4 nitrogen and oxygen atoms in total. The molecular weight excluding hydrogens is 294 g/mol. The average Bonchev–Trinajstić information content (AvgIpc) is 3.03. The number of nitrogens with zero attached hydrogens (tertiary/aromatic N) is 1. The topological polar surface area (TPSA) is 54.0 Å². The molecule has 0 unspecified atom stereocenters. The van der Waals surface area contributed by atoms with Crippen LogP contribution in [0.25, 0.3) is 0 Å². The van der Waals surface area contributed by atoms with Crippen LogP contribution < -0.4 is 10.6 Å². The molecule has 0 saturated heterocycles. The van der Waals surface area contributed by atoms with Gasteiger partial charge in [0.05, 0.1) is 18.3 Å². The number of hydrogen-bond donors (Lipinski definition) is 2. The van der Waals surface area contributed by atoms with Crippen LogP contribution in [0.1, 0.15) is 37.0 Å². The zero-order valence-electron chi connectivity index (χ0n) is 12.5. The van der Waals surface area contributed by atoms with Crippen molar-refractivity contribution in [3.05, 3.63) is 40.7 Å². The van der Waals surface area contributed by atoms with Gasteiger partial charge in [0, 0.05) is 10.9 Å². The van der Waals surface area contributed by atoms with E-state index in [9.17, 15) is 4.79 Å². The molecule has 0 bridgehead atoms. The molecular formula is C17H21N3OS. The molecule has 22 heavy (non-hydrogen) atoms. The fourth-order valence-electron chi connectivity index (χ4n) is 2.79. The van der Waals surface area contributed by atoms with Gasteiger partial charge in [0.15, 0.2) is 0 Å². The number of thiophene rings is 1. The first-order chi connectivity index (χ1) is 10.8. The van der Waals surface area contributed by atoms with Crippen LogP contribution >= 0.6 is 11.3 Å². The normalized spacial score (nSPS) is 15.5. The Morgan fingerprint density at radius 2 is 2.09 bits per heavy atom. The number of amides is 1. The van der Waals surface area contributed by atoms with Gasteiger partial charge in [0.2, 0.25) is 5.91 Å². The van der Waals surface area contributed by atoms with Crippen molar-refractivity contribution in [3.63, 3.8) is 0 Å². The smallest absolute Gasteiger partial charge is 0.229 e. The summed E-state index contributed by atoms with van der Waals surface area (Å²) < 4.78 is 0. The Morgan fingerprint density at radius 3 is 2.77 bits per heavy atom. The Morgan fingerprint density at radius 1 is 1.23 bits per heavy atom. The number of rotatable bonds is 5. The van der Waals surface area contributed by atoms with Gasteiger partial charge in [-0.3, -0.25) is 4.79 Å². The Labute approximate surface area is 135 Å². The fraction of sp³-hybridized carbons (Fsp3) is 0.412. The molecule has 0 radical (unpaired) electrons. The van der Waals surface area contributed by atoms with E-state index in [0.29, 0.717) is 12.5 Å². The molecule has 116 valence electrons. The van der Waals surface area contributed by atoms with Gasteiger partial charge >= 0.3 is 0 Å². The van der Waals surface area contributed by atoms with Crippen molar-refractivity contribution < 1.29 is 4.79 Å². The Balaban J connectivity index is 1.51. The molecule has 0 aliphatic heterocycles. The third-order valence-electron chi connectivity index (χ3n) is 3.92. The van der Waals surface area contributed by atoms with Crippen molar-refractivity contribution in [3.8, 4) is 0 Å². The molecule has 2 aromatic heterocycles. The Bertz CT molecular complexity index is 589. The molecule has 3 rings (SSSR count). The highest BCUT2D eigenvalue weighted by molar-refractivity contribution is 7.10. The van der Waals surface area contributed by atoms with E-state index in [4.69, 9.17) is 0 Å². The molecule has 2 aromatic rings. The molecule has 0 spiro atoms. The van der Waals surface area contributed by atoms with Crippen LogP contribution in [0.4, 0.5) is 11.5 Å². The summed E-state index contributed by atoms with van der Waals surface area (Å²) in [6, 6.07) is 8.32. The van der Waals surface area contributed by atoms with Gasteiger partial charge in [0.25, 0.3) is 0 Å². The Kier molecular flexibility index (Phi) is 5.06. The lowest BCUT2D eigenvalue weighted by Crippen LogP contribution is -2.22. The third kappa shape index (κ3) is 4.31. The van der Waals surface area contributed by atoms with E-state index in [-0.39, 0.29) is 5.91 Å². The largest absolute Gasteiger partial charge is 0.367 e. The van der Waals surface area contributed by atoms with E-state index < -0.39 is 0 Å². The minimum Gasteiger partial charge on any atom is -0.367 e. The van der Waals surface area contributed by atoms with Gasteiger partial charge in [-0.2, -0.15) is 0 Å². The van der Waals surface area contributed by atoms with E-state index in [0.717, 1.165) is 16.4 Å². The number of nitrogens with one attached hydrogen (secondary N) is 2. The number of pyridine rings is 1. The predicted molar refractivity (Wildman–Crippen MR) is 91.4 cm³/mol. The summed E-state index contributed by atoms with van der Waals surface area (Å²) in [6.45, 7) is 0. The summed E-state index contributed by atoms with van der Waals surface area (Å²) in [4.78, 5) is 17.4. The first-order valence-electron chi connectivity index (χ1n) is 7.84. The van der Waals surface area contributed by atoms with Crippen LogP contribution in [-0.2, 0) is 11.2 Å². The van der Waals surface area contributed by atoms with Crippen molar-refractivity contribution in [2.24, 2.45) is 0 Å². The highest BCUT2D eigenvalue weighted by Gasteiger charge is 2.13.